The van der Waals surface area contributed by atoms with Crippen LogP contribution in [0.5, 0.6) is 5.75 Å². The molecule has 2 unspecified atom stereocenters. The van der Waals surface area contributed by atoms with Crippen LogP contribution in [-0.4, -0.2) is 65.9 Å². The quantitative estimate of drug-likeness (QED) is 0.376. The maximum atomic E-state index is 11.6. The molecule has 2 saturated heterocycles. The lowest BCUT2D eigenvalue weighted by atomic mass is 10.1. The Kier molecular flexibility index (Phi) is 10.6. The van der Waals surface area contributed by atoms with Gasteiger partial charge < -0.3 is 28.6 Å². The first-order valence-corrected chi connectivity index (χ1v) is 12.6. The molecule has 2 aromatic carbocycles. The highest BCUT2D eigenvalue weighted by molar-refractivity contribution is 6.35. The van der Waals surface area contributed by atoms with E-state index in [1.807, 2.05) is 46.0 Å². The van der Waals surface area contributed by atoms with Crippen LogP contribution in [-0.2, 0) is 26.6 Å². The molecule has 2 atom stereocenters. The molecule has 2 fully saturated rings. The number of imidazole rings is 1. The number of benzene rings is 2. The Labute approximate surface area is 244 Å². The van der Waals surface area contributed by atoms with E-state index in [9.17, 15) is 4.79 Å². The number of piperazine rings is 1. The second kappa shape index (κ2) is 13.2. The van der Waals surface area contributed by atoms with Crippen molar-refractivity contribution >= 4 is 59.6 Å². The Bertz CT molecular complexity index is 1190. The summed E-state index contributed by atoms with van der Waals surface area (Å²) < 4.78 is 20.6. The highest BCUT2D eigenvalue weighted by Crippen LogP contribution is 2.40. The highest BCUT2D eigenvalue weighted by atomic mass is 35.5. The molecule has 1 aromatic heterocycles. The zero-order chi connectivity index (χ0) is 25.1. The number of anilines is 1. The van der Waals surface area contributed by atoms with Gasteiger partial charge in [-0.25, -0.2) is 4.98 Å². The molecule has 38 heavy (non-hydrogen) atoms. The molecule has 0 bridgehead atoms. The van der Waals surface area contributed by atoms with Crippen LogP contribution in [0.15, 0.2) is 61.2 Å². The average Bonchev–Trinajstić information content (AvgIpc) is 3.54. The molecule has 0 aliphatic carbocycles. The number of nitrogens with zero attached hydrogens (tertiary/aromatic N) is 4. The van der Waals surface area contributed by atoms with Gasteiger partial charge in [-0.15, -0.1) is 24.8 Å². The molecule has 0 N–H and O–H groups in total. The molecular formula is C26H30Cl4N4O4. The minimum Gasteiger partial charge on any atom is -0.491 e. The normalized spacial score (nSPS) is 21.0. The van der Waals surface area contributed by atoms with E-state index in [4.69, 9.17) is 37.4 Å². The molecule has 0 radical (unpaired) electrons. The number of halogens is 4. The van der Waals surface area contributed by atoms with Gasteiger partial charge in [0.05, 0.1) is 24.5 Å². The smallest absolute Gasteiger partial charge is 0.219 e. The van der Waals surface area contributed by atoms with Gasteiger partial charge >= 0.3 is 0 Å². The second-order valence-electron chi connectivity index (χ2n) is 8.96. The summed E-state index contributed by atoms with van der Waals surface area (Å²) >= 11 is 12.7. The van der Waals surface area contributed by atoms with Crippen molar-refractivity contribution in [1.29, 1.82) is 0 Å². The zero-order valence-electron chi connectivity index (χ0n) is 20.8. The summed E-state index contributed by atoms with van der Waals surface area (Å²) in [5.41, 5.74) is 1.82. The summed E-state index contributed by atoms with van der Waals surface area (Å²) in [5.74, 6) is -0.201. The van der Waals surface area contributed by atoms with E-state index < -0.39 is 5.79 Å². The molecular weight excluding hydrogens is 574 g/mol. The Hall–Kier alpha value is -2.20. The van der Waals surface area contributed by atoms with Crippen LogP contribution in [0, 0.1) is 0 Å². The van der Waals surface area contributed by atoms with E-state index >= 15 is 0 Å². The number of amides is 1. The van der Waals surface area contributed by atoms with E-state index in [-0.39, 0.29) is 36.8 Å². The second-order valence-corrected chi connectivity index (χ2v) is 9.80. The molecule has 3 heterocycles. The van der Waals surface area contributed by atoms with Crippen molar-refractivity contribution in [2.24, 2.45) is 0 Å². The third-order valence-electron chi connectivity index (χ3n) is 6.51. The minimum absolute atomic E-state index is 0. The van der Waals surface area contributed by atoms with Crippen molar-refractivity contribution in [2.45, 2.75) is 25.4 Å². The van der Waals surface area contributed by atoms with Crippen LogP contribution in [0.1, 0.15) is 12.5 Å². The number of carbonyl (C=O) groups is 1. The fourth-order valence-corrected chi connectivity index (χ4v) is 5.15. The van der Waals surface area contributed by atoms with Gasteiger partial charge in [0.25, 0.3) is 0 Å². The van der Waals surface area contributed by atoms with Gasteiger partial charge in [-0.05, 0) is 36.4 Å². The molecule has 1 amide bonds. The summed E-state index contributed by atoms with van der Waals surface area (Å²) in [4.78, 5) is 19.8. The Morgan fingerprint density at radius 3 is 2.47 bits per heavy atom. The number of hydrogen-bond acceptors (Lipinski definition) is 6. The number of carbonyl (C=O) groups excluding carboxylic acids is 1. The van der Waals surface area contributed by atoms with Crippen LogP contribution < -0.4 is 9.64 Å². The predicted octanol–water partition coefficient (Wildman–Crippen LogP) is 5.05. The van der Waals surface area contributed by atoms with Gasteiger partial charge in [-0.1, -0.05) is 29.3 Å². The van der Waals surface area contributed by atoms with Gasteiger partial charge in [0, 0.05) is 61.8 Å². The van der Waals surface area contributed by atoms with Gasteiger partial charge in [-0.2, -0.15) is 0 Å². The van der Waals surface area contributed by atoms with Gasteiger partial charge in [0.15, 0.2) is 0 Å². The molecule has 12 heteroatoms. The van der Waals surface area contributed by atoms with Crippen LogP contribution in [0.3, 0.4) is 0 Å². The molecule has 8 nitrogen and oxygen atoms in total. The standard InChI is InChI=1S/C26H28Cl2N4O4.2ClH/c1-19(33)31-10-12-32(13-11-31)21-3-5-22(6-4-21)34-15-23-16-35-26(36-23,17-30-9-8-29-18-30)24-7-2-20(27)14-25(24)28;;/h2-9,14,18,23H,10-13,15-17H2,1H3;2*1H. The number of hydrogen-bond donors (Lipinski definition) is 0. The van der Waals surface area contributed by atoms with Crippen molar-refractivity contribution in [1.82, 2.24) is 14.5 Å². The topological polar surface area (TPSA) is 69.1 Å². The lowest BCUT2D eigenvalue weighted by Crippen LogP contribution is -2.48. The monoisotopic (exact) mass is 602 g/mol. The van der Waals surface area contributed by atoms with Crippen LogP contribution in [0.2, 0.25) is 10.0 Å². The first-order valence-electron chi connectivity index (χ1n) is 11.9. The van der Waals surface area contributed by atoms with Crippen LogP contribution in [0.4, 0.5) is 5.69 Å². The van der Waals surface area contributed by atoms with E-state index in [2.05, 4.69) is 9.88 Å². The average molecular weight is 604 g/mol. The fraction of sp³-hybridized carbons (Fsp3) is 0.385. The van der Waals surface area contributed by atoms with E-state index in [1.165, 1.54) is 0 Å². The summed E-state index contributed by atoms with van der Waals surface area (Å²) in [7, 11) is 0. The SMILES string of the molecule is CC(=O)N1CCN(c2ccc(OCC3COC(Cn4ccnc4)(c4ccc(Cl)cc4Cl)O3)cc2)CC1.Cl.Cl. The lowest BCUT2D eigenvalue weighted by Gasteiger charge is -2.35. The Balaban J connectivity index is 0.00000200. The molecule has 2 aliphatic heterocycles. The molecule has 2 aliphatic rings. The molecule has 3 aromatic rings. The van der Waals surface area contributed by atoms with E-state index in [1.54, 1.807) is 31.6 Å². The number of ether oxygens (including phenoxy) is 3. The summed E-state index contributed by atoms with van der Waals surface area (Å²) in [5, 5.41) is 1.02. The predicted molar refractivity (Wildman–Crippen MR) is 152 cm³/mol. The van der Waals surface area contributed by atoms with Crippen molar-refractivity contribution in [3.05, 3.63) is 76.8 Å². The maximum absolute atomic E-state index is 11.6. The van der Waals surface area contributed by atoms with Gasteiger partial charge in [0.1, 0.15) is 18.5 Å². The fourth-order valence-electron chi connectivity index (χ4n) is 4.60. The first-order chi connectivity index (χ1) is 17.4. The molecule has 0 spiro atoms. The summed E-state index contributed by atoms with van der Waals surface area (Å²) in [6.45, 7) is 5.80. The Morgan fingerprint density at radius 2 is 1.84 bits per heavy atom. The van der Waals surface area contributed by atoms with Gasteiger partial charge in [0.2, 0.25) is 11.7 Å². The van der Waals surface area contributed by atoms with Gasteiger partial charge in [-0.3, -0.25) is 4.79 Å². The van der Waals surface area contributed by atoms with E-state index in [0.717, 1.165) is 37.6 Å². The first kappa shape index (κ1) is 30.3. The van der Waals surface area contributed by atoms with Crippen molar-refractivity contribution in [3.63, 3.8) is 0 Å². The lowest BCUT2D eigenvalue weighted by molar-refractivity contribution is -0.189. The third-order valence-corrected chi connectivity index (χ3v) is 7.06. The number of rotatable bonds is 7. The molecule has 5 rings (SSSR count). The third kappa shape index (κ3) is 6.86. The number of aromatic nitrogens is 2. The summed E-state index contributed by atoms with van der Waals surface area (Å²) in [6.07, 6.45) is 4.98. The molecule has 0 saturated carbocycles. The molecule has 206 valence electrons. The highest BCUT2D eigenvalue weighted by Gasteiger charge is 2.45. The largest absolute Gasteiger partial charge is 0.491 e. The van der Waals surface area contributed by atoms with E-state index in [0.29, 0.717) is 35.4 Å². The maximum Gasteiger partial charge on any atom is 0.219 e. The van der Waals surface area contributed by atoms with Crippen LogP contribution >= 0.6 is 48.0 Å². The van der Waals surface area contributed by atoms with Crippen LogP contribution in [0.25, 0.3) is 0 Å². The van der Waals surface area contributed by atoms with Crippen molar-refractivity contribution in [3.8, 4) is 5.75 Å². The summed E-state index contributed by atoms with van der Waals surface area (Å²) in [6, 6.07) is 13.3. The Morgan fingerprint density at radius 1 is 1.11 bits per heavy atom. The van der Waals surface area contributed by atoms with Crippen molar-refractivity contribution < 1.29 is 19.0 Å². The minimum atomic E-state index is -1.08. The zero-order valence-corrected chi connectivity index (χ0v) is 23.9. The van der Waals surface area contributed by atoms with Crippen molar-refractivity contribution in [2.75, 3.05) is 44.3 Å².